The van der Waals surface area contributed by atoms with Gasteiger partial charge in [-0.05, 0) is 38.0 Å². The number of rotatable bonds is 5. The molecular weight excluding hydrogens is 318 g/mol. The Hall–Kier alpha value is -2.09. The number of amides is 1. The van der Waals surface area contributed by atoms with Crippen LogP contribution >= 0.6 is 11.3 Å². The summed E-state index contributed by atoms with van der Waals surface area (Å²) < 4.78 is 0. The minimum Gasteiger partial charge on any atom is -0.395 e. The van der Waals surface area contributed by atoms with Crippen molar-refractivity contribution in [3.8, 4) is 11.8 Å². The van der Waals surface area contributed by atoms with Crippen molar-refractivity contribution in [2.75, 3.05) is 6.61 Å². The number of thiophene rings is 1. The first-order chi connectivity index (χ1) is 11.5. The molecule has 1 heterocycles. The molecule has 1 aromatic carbocycles. The van der Waals surface area contributed by atoms with Crippen LogP contribution in [0, 0.1) is 18.8 Å². The number of nitrogens with zero attached hydrogens (tertiary/aromatic N) is 1. The van der Waals surface area contributed by atoms with Crippen molar-refractivity contribution in [1.29, 1.82) is 0 Å². The van der Waals surface area contributed by atoms with Crippen LogP contribution in [0.15, 0.2) is 36.4 Å². The molecule has 0 unspecified atom stereocenters. The Kier molecular flexibility index (Phi) is 6.60. The molecule has 0 aliphatic carbocycles. The van der Waals surface area contributed by atoms with Crippen LogP contribution in [0.3, 0.4) is 0 Å². The Morgan fingerprint density at radius 1 is 1.29 bits per heavy atom. The number of carbonyl (C=O) groups is 1. The lowest BCUT2D eigenvalue weighted by molar-refractivity contribution is 0.0695. The first-order valence-corrected chi connectivity index (χ1v) is 8.89. The van der Waals surface area contributed by atoms with E-state index in [2.05, 4.69) is 11.8 Å². The Labute approximate surface area is 147 Å². The van der Waals surface area contributed by atoms with Gasteiger partial charge in [0.05, 0.1) is 16.4 Å². The van der Waals surface area contributed by atoms with E-state index >= 15 is 0 Å². The Morgan fingerprint density at radius 3 is 2.62 bits per heavy atom. The third-order valence-electron chi connectivity index (χ3n) is 3.65. The van der Waals surface area contributed by atoms with E-state index in [0.717, 1.165) is 16.0 Å². The molecule has 1 N–H and O–H groups in total. The standard InChI is InChI=1S/C20H23NO2S/c1-15(2)21(14-17-9-5-4-6-10-17)20(23)19-13-16(3)18(24-19)11-7-8-12-22/h4-6,9-10,13,15,22H,8,12,14H2,1-3H3. The summed E-state index contributed by atoms with van der Waals surface area (Å²) in [5, 5.41) is 8.82. The fourth-order valence-corrected chi connectivity index (χ4v) is 3.32. The minimum atomic E-state index is 0.0390. The molecule has 1 aromatic heterocycles. The van der Waals surface area contributed by atoms with Crippen molar-refractivity contribution in [2.45, 2.75) is 39.8 Å². The maximum absolute atomic E-state index is 12.9. The highest BCUT2D eigenvalue weighted by Gasteiger charge is 2.21. The highest BCUT2D eigenvalue weighted by molar-refractivity contribution is 7.14. The van der Waals surface area contributed by atoms with Gasteiger partial charge in [0.2, 0.25) is 0 Å². The number of carbonyl (C=O) groups excluding carboxylic acids is 1. The van der Waals surface area contributed by atoms with Gasteiger partial charge in [-0.1, -0.05) is 42.2 Å². The van der Waals surface area contributed by atoms with Crippen molar-refractivity contribution in [3.63, 3.8) is 0 Å². The Balaban J connectivity index is 2.21. The zero-order chi connectivity index (χ0) is 17.5. The topological polar surface area (TPSA) is 40.5 Å². The van der Waals surface area contributed by atoms with Gasteiger partial charge in [-0.3, -0.25) is 4.79 Å². The van der Waals surface area contributed by atoms with Crippen molar-refractivity contribution >= 4 is 17.2 Å². The fourth-order valence-electron chi connectivity index (χ4n) is 2.32. The Morgan fingerprint density at radius 2 is 2.00 bits per heavy atom. The number of aryl methyl sites for hydroxylation is 1. The molecule has 0 bridgehead atoms. The van der Waals surface area contributed by atoms with Gasteiger partial charge in [0.1, 0.15) is 0 Å². The molecule has 2 aromatic rings. The molecule has 0 saturated carbocycles. The summed E-state index contributed by atoms with van der Waals surface area (Å²) in [6, 6.07) is 12.1. The van der Waals surface area contributed by atoms with E-state index in [1.807, 2.05) is 62.1 Å². The van der Waals surface area contributed by atoms with Gasteiger partial charge in [0, 0.05) is 19.0 Å². The van der Waals surface area contributed by atoms with E-state index in [0.29, 0.717) is 17.8 Å². The molecule has 1 amide bonds. The van der Waals surface area contributed by atoms with E-state index < -0.39 is 0 Å². The molecule has 0 aliphatic rings. The molecule has 0 spiro atoms. The largest absolute Gasteiger partial charge is 0.395 e. The normalized spacial score (nSPS) is 10.4. The molecule has 2 rings (SSSR count). The monoisotopic (exact) mass is 341 g/mol. The number of benzene rings is 1. The van der Waals surface area contributed by atoms with Gasteiger partial charge in [-0.25, -0.2) is 0 Å². The van der Waals surface area contributed by atoms with Crippen LogP contribution in [0.25, 0.3) is 0 Å². The van der Waals surface area contributed by atoms with Crippen LogP contribution in [-0.2, 0) is 6.54 Å². The molecule has 0 atom stereocenters. The summed E-state index contributed by atoms with van der Waals surface area (Å²) in [6.07, 6.45) is 0.451. The third-order valence-corrected chi connectivity index (χ3v) is 4.79. The fraction of sp³-hybridized carbons (Fsp3) is 0.350. The van der Waals surface area contributed by atoms with Gasteiger partial charge < -0.3 is 10.0 Å². The smallest absolute Gasteiger partial charge is 0.264 e. The lowest BCUT2D eigenvalue weighted by atomic mass is 10.1. The average Bonchev–Trinajstić information content (AvgIpc) is 2.94. The molecule has 4 heteroatoms. The first kappa shape index (κ1) is 18.3. The van der Waals surface area contributed by atoms with Crippen molar-refractivity contribution in [2.24, 2.45) is 0 Å². The molecule has 3 nitrogen and oxygen atoms in total. The lowest BCUT2D eigenvalue weighted by Gasteiger charge is -2.26. The maximum Gasteiger partial charge on any atom is 0.264 e. The van der Waals surface area contributed by atoms with E-state index in [9.17, 15) is 4.79 Å². The summed E-state index contributed by atoms with van der Waals surface area (Å²) >= 11 is 1.43. The number of aliphatic hydroxyl groups excluding tert-OH is 1. The second-order valence-corrected chi connectivity index (χ2v) is 6.96. The van der Waals surface area contributed by atoms with Crippen molar-refractivity contribution in [3.05, 3.63) is 57.3 Å². The highest BCUT2D eigenvalue weighted by atomic mass is 32.1. The van der Waals surface area contributed by atoms with Gasteiger partial charge in [0.15, 0.2) is 0 Å². The zero-order valence-electron chi connectivity index (χ0n) is 14.4. The summed E-state index contributed by atoms with van der Waals surface area (Å²) in [6.45, 7) is 6.68. The van der Waals surface area contributed by atoms with Gasteiger partial charge in [-0.2, -0.15) is 0 Å². The predicted octanol–water partition coefficient (Wildman–Crippen LogP) is 3.84. The number of hydrogen-bond acceptors (Lipinski definition) is 3. The predicted molar refractivity (Wildman–Crippen MR) is 99.1 cm³/mol. The second kappa shape index (κ2) is 8.68. The van der Waals surface area contributed by atoms with E-state index in [4.69, 9.17) is 5.11 Å². The van der Waals surface area contributed by atoms with E-state index in [-0.39, 0.29) is 18.6 Å². The van der Waals surface area contributed by atoms with Crippen LogP contribution in [0.4, 0.5) is 0 Å². The maximum atomic E-state index is 12.9. The SMILES string of the molecule is Cc1cc(C(=O)N(Cc2ccccc2)C(C)C)sc1C#CCCO. The highest BCUT2D eigenvalue weighted by Crippen LogP contribution is 2.24. The molecule has 0 radical (unpaired) electrons. The van der Waals surface area contributed by atoms with Gasteiger partial charge in [-0.15, -0.1) is 11.3 Å². The van der Waals surface area contributed by atoms with Crippen LogP contribution < -0.4 is 0 Å². The van der Waals surface area contributed by atoms with Crippen molar-refractivity contribution in [1.82, 2.24) is 4.90 Å². The van der Waals surface area contributed by atoms with Crippen LogP contribution in [0.1, 0.15) is 45.9 Å². The summed E-state index contributed by atoms with van der Waals surface area (Å²) in [7, 11) is 0. The second-order valence-electron chi connectivity index (χ2n) is 5.91. The first-order valence-electron chi connectivity index (χ1n) is 8.08. The molecule has 126 valence electrons. The number of aliphatic hydroxyl groups is 1. The van der Waals surface area contributed by atoms with Gasteiger partial charge >= 0.3 is 0 Å². The van der Waals surface area contributed by atoms with E-state index in [1.54, 1.807) is 0 Å². The number of hydrogen-bond donors (Lipinski definition) is 1. The summed E-state index contributed by atoms with van der Waals surface area (Å²) in [5.41, 5.74) is 2.13. The van der Waals surface area contributed by atoms with Crippen LogP contribution in [0.2, 0.25) is 0 Å². The van der Waals surface area contributed by atoms with Crippen molar-refractivity contribution < 1.29 is 9.90 Å². The quantitative estimate of drug-likeness (QED) is 0.840. The molecule has 0 fully saturated rings. The van der Waals surface area contributed by atoms with Crippen LogP contribution in [-0.4, -0.2) is 28.6 Å². The van der Waals surface area contributed by atoms with Gasteiger partial charge in [0.25, 0.3) is 5.91 Å². The van der Waals surface area contributed by atoms with E-state index in [1.165, 1.54) is 11.3 Å². The third kappa shape index (κ3) is 4.70. The molecule has 0 aliphatic heterocycles. The zero-order valence-corrected chi connectivity index (χ0v) is 15.2. The summed E-state index contributed by atoms with van der Waals surface area (Å²) in [5.74, 6) is 6.01. The average molecular weight is 341 g/mol. The molecule has 24 heavy (non-hydrogen) atoms. The Bertz CT molecular complexity index is 738. The minimum absolute atomic E-state index is 0.0390. The van der Waals surface area contributed by atoms with Crippen LogP contribution in [0.5, 0.6) is 0 Å². The molecular formula is C20H23NO2S. The lowest BCUT2D eigenvalue weighted by Crippen LogP contribution is -2.35. The summed E-state index contributed by atoms with van der Waals surface area (Å²) in [4.78, 5) is 16.4. The molecule has 0 saturated heterocycles.